The number of nitrogens with zero attached hydrogens (tertiary/aromatic N) is 1. The van der Waals surface area contributed by atoms with E-state index in [1.54, 1.807) is 11.7 Å². The zero-order valence-electron chi connectivity index (χ0n) is 17.6. The first-order valence-corrected chi connectivity index (χ1v) is 11.1. The fraction of sp³-hybridized carbons (Fsp3) is 0.250. The molecule has 1 atom stereocenters. The summed E-state index contributed by atoms with van der Waals surface area (Å²) in [6.45, 7) is 2.73. The fourth-order valence-electron chi connectivity index (χ4n) is 3.82. The number of nitrogens with one attached hydrogen (secondary N) is 2. The maximum Gasteiger partial charge on any atom is 0.307 e. The summed E-state index contributed by atoms with van der Waals surface area (Å²) in [5, 5.41) is 6.02. The fourth-order valence-corrected chi connectivity index (χ4v) is 4.58. The minimum absolute atomic E-state index is 0.0170. The van der Waals surface area contributed by atoms with Gasteiger partial charge < -0.3 is 19.6 Å². The summed E-state index contributed by atoms with van der Waals surface area (Å²) in [6, 6.07) is 16.1. The second-order valence-corrected chi connectivity index (χ2v) is 8.28. The summed E-state index contributed by atoms with van der Waals surface area (Å²) in [4.78, 5) is 27.8. The van der Waals surface area contributed by atoms with Gasteiger partial charge in [0.15, 0.2) is 0 Å². The molecule has 4 aromatic rings. The van der Waals surface area contributed by atoms with Crippen molar-refractivity contribution < 1.29 is 9.53 Å². The molecule has 160 valence electrons. The molecule has 6 nitrogen and oxygen atoms in total. The first-order valence-electron chi connectivity index (χ1n) is 10.2. The van der Waals surface area contributed by atoms with Crippen molar-refractivity contribution in [2.75, 3.05) is 13.7 Å². The Labute approximate surface area is 184 Å². The van der Waals surface area contributed by atoms with Gasteiger partial charge in [0.1, 0.15) is 5.75 Å². The molecule has 0 aliphatic rings. The SMILES string of the molecule is COc1ccc(C(CNC(=O)CCn2c(C)csc2=O)c2c[nH]c3ccccc23)cc1. The van der Waals surface area contributed by atoms with Crippen molar-refractivity contribution in [1.82, 2.24) is 14.9 Å². The van der Waals surface area contributed by atoms with E-state index in [0.29, 0.717) is 13.1 Å². The normalized spacial score (nSPS) is 12.1. The number of carbonyl (C=O) groups is 1. The molecule has 0 radical (unpaired) electrons. The number of benzene rings is 2. The van der Waals surface area contributed by atoms with Crippen molar-refractivity contribution in [2.24, 2.45) is 0 Å². The van der Waals surface area contributed by atoms with E-state index in [4.69, 9.17) is 4.74 Å². The van der Waals surface area contributed by atoms with Crippen LogP contribution in [0.15, 0.2) is 64.9 Å². The number of methoxy groups -OCH3 is 1. The summed E-state index contributed by atoms with van der Waals surface area (Å²) >= 11 is 1.16. The minimum atomic E-state index is -0.0733. The molecule has 2 N–H and O–H groups in total. The zero-order chi connectivity index (χ0) is 21.8. The van der Waals surface area contributed by atoms with Crippen molar-refractivity contribution in [3.63, 3.8) is 0 Å². The Morgan fingerprint density at radius 2 is 1.97 bits per heavy atom. The van der Waals surface area contributed by atoms with Crippen LogP contribution >= 0.6 is 11.3 Å². The van der Waals surface area contributed by atoms with Crippen molar-refractivity contribution in [3.8, 4) is 5.75 Å². The van der Waals surface area contributed by atoms with Gasteiger partial charge in [0.2, 0.25) is 5.91 Å². The number of thiazole rings is 1. The number of aromatic nitrogens is 2. The minimum Gasteiger partial charge on any atom is -0.497 e. The van der Waals surface area contributed by atoms with E-state index in [0.717, 1.165) is 44.8 Å². The summed E-state index contributed by atoms with van der Waals surface area (Å²) in [5.41, 5.74) is 4.18. The molecular formula is C24H25N3O3S. The highest BCUT2D eigenvalue weighted by Gasteiger charge is 2.19. The molecule has 1 amide bonds. The number of amides is 1. The van der Waals surface area contributed by atoms with E-state index in [1.807, 2.05) is 61.0 Å². The van der Waals surface area contributed by atoms with Gasteiger partial charge in [-0.25, -0.2) is 0 Å². The highest BCUT2D eigenvalue weighted by molar-refractivity contribution is 7.07. The van der Waals surface area contributed by atoms with Gasteiger partial charge in [-0.3, -0.25) is 9.59 Å². The van der Waals surface area contributed by atoms with E-state index < -0.39 is 0 Å². The Balaban J connectivity index is 1.53. The maximum atomic E-state index is 12.6. The molecule has 31 heavy (non-hydrogen) atoms. The lowest BCUT2D eigenvalue weighted by Crippen LogP contribution is -2.30. The van der Waals surface area contributed by atoms with Crippen LogP contribution in [0.5, 0.6) is 5.75 Å². The summed E-state index contributed by atoms with van der Waals surface area (Å²) < 4.78 is 6.94. The molecule has 0 aliphatic heterocycles. The standard InChI is InChI=1S/C24H25N3O3S/c1-16-15-31-24(29)27(16)12-11-23(28)26-13-20(17-7-9-18(30-2)10-8-17)21-14-25-22-6-4-3-5-19(21)22/h3-10,14-15,20,25H,11-13H2,1-2H3,(H,26,28). The monoisotopic (exact) mass is 435 g/mol. The highest BCUT2D eigenvalue weighted by atomic mass is 32.1. The van der Waals surface area contributed by atoms with Gasteiger partial charge in [-0.05, 0) is 36.2 Å². The number of ether oxygens (including phenoxy) is 1. The number of hydrogen-bond donors (Lipinski definition) is 2. The molecule has 0 spiro atoms. The van der Waals surface area contributed by atoms with Crippen LogP contribution in [-0.2, 0) is 11.3 Å². The van der Waals surface area contributed by atoms with Crippen LogP contribution < -0.4 is 14.9 Å². The third kappa shape index (κ3) is 4.56. The molecule has 0 aliphatic carbocycles. The van der Waals surface area contributed by atoms with Crippen LogP contribution in [0.2, 0.25) is 0 Å². The summed E-state index contributed by atoms with van der Waals surface area (Å²) in [6.07, 6.45) is 2.28. The van der Waals surface area contributed by atoms with Crippen LogP contribution in [0.25, 0.3) is 10.9 Å². The third-order valence-electron chi connectivity index (χ3n) is 5.56. The topological polar surface area (TPSA) is 76.1 Å². The quantitative estimate of drug-likeness (QED) is 0.438. The Bertz CT molecular complexity index is 1240. The van der Waals surface area contributed by atoms with Gasteiger partial charge in [0.25, 0.3) is 0 Å². The van der Waals surface area contributed by atoms with Gasteiger partial charge in [0, 0.05) is 53.6 Å². The molecule has 2 heterocycles. The van der Waals surface area contributed by atoms with Gasteiger partial charge in [-0.2, -0.15) is 0 Å². The van der Waals surface area contributed by atoms with Gasteiger partial charge in [-0.1, -0.05) is 41.7 Å². The number of carbonyl (C=O) groups excluding carboxylic acids is 1. The maximum absolute atomic E-state index is 12.6. The van der Waals surface area contributed by atoms with Crippen molar-refractivity contribution in [1.29, 1.82) is 0 Å². The number of aryl methyl sites for hydroxylation is 1. The second kappa shape index (κ2) is 9.22. The second-order valence-electron chi connectivity index (χ2n) is 7.46. The molecule has 7 heteroatoms. The van der Waals surface area contributed by atoms with Crippen LogP contribution in [0.1, 0.15) is 29.2 Å². The number of H-pyrrole nitrogens is 1. The number of para-hydroxylation sites is 1. The van der Waals surface area contributed by atoms with Crippen molar-refractivity contribution in [3.05, 3.63) is 86.6 Å². The molecule has 0 bridgehead atoms. The van der Waals surface area contributed by atoms with Crippen molar-refractivity contribution >= 4 is 28.1 Å². The smallest absolute Gasteiger partial charge is 0.307 e. The molecule has 0 fully saturated rings. The molecule has 0 saturated carbocycles. The lowest BCUT2D eigenvalue weighted by atomic mass is 9.90. The van der Waals surface area contributed by atoms with Gasteiger partial charge >= 0.3 is 4.87 Å². The molecule has 0 saturated heterocycles. The van der Waals surface area contributed by atoms with Gasteiger partial charge in [0.05, 0.1) is 7.11 Å². The van der Waals surface area contributed by atoms with Crippen LogP contribution in [0, 0.1) is 6.92 Å². The lowest BCUT2D eigenvalue weighted by Gasteiger charge is -2.19. The predicted molar refractivity (Wildman–Crippen MR) is 124 cm³/mol. The van der Waals surface area contributed by atoms with E-state index in [-0.39, 0.29) is 23.1 Å². The number of hydrogen-bond acceptors (Lipinski definition) is 4. The number of fused-ring (bicyclic) bond motifs is 1. The molecule has 2 aromatic heterocycles. The first-order chi connectivity index (χ1) is 15.1. The molecule has 2 aromatic carbocycles. The predicted octanol–water partition coefficient (Wildman–Crippen LogP) is 4.05. The summed E-state index contributed by atoms with van der Waals surface area (Å²) in [7, 11) is 1.65. The molecular weight excluding hydrogens is 410 g/mol. The Morgan fingerprint density at radius 3 is 2.68 bits per heavy atom. The molecule has 4 rings (SSSR count). The molecule has 1 unspecified atom stereocenters. The Hall–Kier alpha value is -3.32. The zero-order valence-corrected chi connectivity index (χ0v) is 18.4. The van der Waals surface area contributed by atoms with Crippen LogP contribution in [0.3, 0.4) is 0 Å². The first kappa shape index (κ1) is 20.9. The van der Waals surface area contributed by atoms with E-state index in [1.165, 1.54) is 0 Å². The average molecular weight is 436 g/mol. The number of aromatic amines is 1. The largest absolute Gasteiger partial charge is 0.497 e. The van der Waals surface area contributed by atoms with E-state index in [9.17, 15) is 9.59 Å². The lowest BCUT2D eigenvalue weighted by molar-refractivity contribution is -0.121. The highest BCUT2D eigenvalue weighted by Crippen LogP contribution is 2.31. The Kier molecular flexibility index (Phi) is 6.23. The van der Waals surface area contributed by atoms with Crippen molar-refractivity contribution in [2.45, 2.75) is 25.8 Å². The van der Waals surface area contributed by atoms with E-state index in [2.05, 4.69) is 16.4 Å². The van der Waals surface area contributed by atoms with Gasteiger partial charge in [-0.15, -0.1) is 0 Å². The third-order valence-corrected chi connectivity index (χ3v) is 6.44. The number of rotatable bonds is 8. The summed E-state index contributed by atoms with van der Waals surface area (Å²) in [5.74, 6) is 0.703. The van der Waals surface area contributed by atoms with Crippen LogP contribution in [-0.4, -0.2) is 29.1 Å². The Morgan fingerprint density at radius 1 is 1.19 bits per heavy atom. The average Bonchev–Trinajstić information content (AvgIpc) is 3.36. The van der Waals surface area contributed by atoms with Crippen LogP contribution in [0.4, 0.5) is 0 Å². The van der Waals surface area contributed by atoms with E-state index >= 15 is 0 Å².